The van der Waals surface area contributed by atoms with Crippen LogP contribution in [0.25, 0.3) is 11.4 Å². The fraction of sp³-hybridized carbons (Fsp3) is 0.368. The Morgan fingerprint density at radius 3 is 2.67 bits per heavy atom. The fourth-order valence-electron chi connectivity index (χ4n) is 4.37. The first-order valence-electron chi connectivity index (χ1n) is 9.04. The molecule has 138 valence electrons. The zero-order chi connectivity index (χ0) is 18.5. The molecule has 1 fully saturated rings. The Bertz CT molecular complexity index is 1060. The van der Waals surface area contributed by atoms with E-state index in [2.05, 4.69) is 25.9 Å². The van der Waals surface area contributed by atoms with E-state index >= 15 is 0 Å². The van der Waals surface area contributed by atoms with Crippen LogP contribution in [0, 0.1) is 5.92 Å². The van der Waals surface area contributed by atoms with Gasteiger partial charge in [0.05, 0.1) is 23.0 Å². The molecule has 2 aliphatic rings. The van der Waals surface area contributed by atoms with Gasteiger partial charge in [-0.05, 0) is 24.5 Å². The van der Waals surface area contributed by atoms with Crippen LogP contribution in [-0.2, 0) is 13.6 Å². The highest BCUT2D eigenvalue weighted by Crippen LogP contribution is 2.36. The molecule has 5 rings (SSSR count). The summed E-state index contributed by atoms with van der Waals surface area (Å²) < 4.78 is 3.83. The van der Waals surface area contributed by atoms with Crippen molar-refractivity contribution in [3.8, 4) is 11.4 Å². The van der Waals surface area contributed by atoms with Crippen molar-refractivity contribution in [1.29, 1.82) is 0 Å². The Morgan fingerprint density at radius 2 is 1.93 bits per heavy atom. The lowest BCUT2D eigenvalue weighted by molar-refractivity contribution is 0.280. The molecule has 2 atom stereocenters. The van der Waals surface area contributed by atoms with Crippen LogP contribution >= 0.6 is 11.6 Å². The topological polar surface area (TPSA) is 68.8 Å². The number of rotatable bonds is 2. The number of piperidine rings is 1. The third kappa shape index (κ3) is 2.73. The molecule has 2 aliphatic heterocycles. The summed E-state index contributed by atoms with van der Waals surface area (Å²) >= 11 is 5.91. The van der Waals surface area contributed by atoms with E-state index < -0.39 is 0 Å². The first-order chi connectivity index (χ1) is 13.1. The van der Waals surface area contributed by atoms with E-state index in [1.165, 1.54) is 0 Å². The van der Waals surface area contributed by atoms with Gasteiger partial charge in [0.2, 0.25) is 5.95 Å². The van der Waals surface area contributed by atoms with Crippen LogP contribution < -0.4 is 10.5 Å². The molecule has 0 spiro atoms. The van der Waals surface area contributed by atoms with Crippen molar-refractivity contribution in [2.45, 2.75) is 18.9 Å². The summed E-state index contributed by atoms with van der Waals surface area (Å²) in [6.07, 6.45) is 7.93. The molecule has 3 aromatic rings. The molecule has 3 aromatic heterocycles. The van der Waals surface area contributed by atoms with Crippen molar-refractivity contribution < 1.29 is 0 Å². The highest BCUT2D eigenvalue weighted by atomic mass is 35.5. The standard InChI is InChI=1S/C19H19ClN6O/c1-24-5-4-21-17(24)15-2-3-16-13-6-12(10-26(16)18(15)27)9-25(11-13)19-22-7-14(20)8-23-19/h2-5,7-8,12-13H,6,9-11H2,1H3/t12-,13+/m0/s1. The number of pyridine rings is 1. The molecule has 0 radical (unpaired) electrons. The number of halogens is 1. The Labute approximate surface area is 161 Å². The van der Waals surface area contributed by atoms with Crippen molar-refractivity contribution in [2.75, 3.05) is 18.0 Å². The zero-order valence-electron chi connectivity index (χ0n) is 14.9. The predicted octanol–water partition coefficient (Wildman–Crippen LogP) is 2.32. The third-order valence-electron chi connectivity index (χ3n) is 5.56. The van der Waals surface area contributed by atoms with Crippen LogP contribution in [0.5, 0.6) is 0 Å². The monoisotopic (exact) mass is 382 g/mol. The van der Waals surface area contributed by atoms with Gasteiger partial charge in [0, 0.05) is 50.7 Å². The lowest BCUT2D eigenvalue weighted by Crippen LogP contribution is -2.48. The van der Waals surface area contributed by atoms with Crippen molar-refractivity contribution >= 4 is 17.5 Å². The van der Waals surface area contributed by atoms with Gasteiger partial charge in [-0.2, -0.15) is 0 Å². The van der Waals surface area contributed by atoms with Gasteiger partial charge in [0.25, 0.3) is 5.56 Å². The minimum atomic E-state index is 0.0488. The first kappa shape index (κ1) is 16.5. The van der Waals surface area contributed by atoms with E-state index in [1.807, 2.05) is 28.4 Å². The number of hydrogen-bond donors (Lipinski definition) is 0. The zero-order valence-corrected chi connectivity index (χ0v) is 15.7. The molecule has 5 heterocycles. The first-order valence-corrected chi connectivity index (χ1v) is 9.42. The number of anilines is 1. The highest BCUT2D eigenvalue weighted by molar-refractivity contribution is 6.30. The molecule has 0 saturated carbocycles. The second kappa shape index (κ2) is 6.20. The van der Waals surface area contributed by atoms with Gasteiger partial charge < -0.3 is 14.0 Å². The van der Waals surface area contributed by atoms with Crippen molar-refractivity contribution in [3.63, 3.8) is 0 Å². The minimum absolute atomic E-state index is 0.0488. The number of aryl methyl sites for hydroxylation is 1. The Hall–Kier alpha value is -2.67. The van der Waals surface area contributed by atoms with Crippen molar-refractivity contribution in [1.82, 2.24) is 24.1 Å². The van der Waals surface area contributed by atoms with Gasteiger partial charge >= 0.3 is 0 Å². The lowest BCUT2D eigenvalue weighted by atomic mass is 9.83. The number of hydrogen-bond acceptors (Lipinski definition) is 5. The summed E-state index contributed by atoms with van der Waals surface area (Å²) in [5.41, 5.74) is 1.80. The highest BCUT2D eigenvalue weighted by Gasteiger charge is 2.36. The smallest absolute Gasteiger partial charge is 0.261 e. The van der Waals surface area contributed by atoms with Gasteiger partial charge in [0.1, 0.15) is 5.82 Å². The second-order valence-electron chi connectivity index (χ2n) is 7.35. The number of fused-ring (bicyclic) bond motifs is 4. The van der Waals surface area contributed by atoms with Gasteiger partial charge in [-0.15, -0.1) is 0 Å². The van der Waals surface area contributed by atoms with Crippen LogP contribution in [0.15, 0.2) is 41.7 Å². The predicted molar refractivity (Wildman–Crippen MR) is 103 cm³/mol. The Kier molecular flexibility index (Phi) is 3.79. The molecule has 0 unspecified atom stereocenters. The number of imidazole rings is 1. The molecule has 0 aliphatic carbocycles. The van der Waals surface area contributed by atoms with Gasteiger partial charge in [0.15, 0.2) is 0 Å². The summed E-state index contributed by atoms with van der Waals surface area (Å²) in [6.45, 7) is 2.36. The maximum Gasteiger partial charge on any atom is 0.261 e. The van der Waals surface area contributed by atoms with E-state index in [4.69, 9.17) is 11.6 Å². The molecule has 2 bridgehead atoms. The summed E-state index contributed by atoms with van der Waals surface area (Å²) in [5.74, 6) is 2.10. The van der Waals surface area contributed by atoms with Crippen LogP contribution in [0.4, 0.5) is 5.95 Å². The van der Waals surface area contributed by atoms with Gasteiger partial charge in [-0.1, -0.05) is 11.6 Å². The molecule has 8 heteroatoms. The summed E-state index contributed by atoms with van der Waals surface area (Å²) in [7, 11) is 1.91. The number of aromatic nitrogens is 5. The average Bonchev–Trinajstić information content (AvgIpc) is 3.09. The van der Waals surface area contributed by atoms with Crippen LogP contribution in [-0.4, -0.2) is 37.2 Å². The molecule has 7 nitrogen and oxygen atoms in total. The lowest BCUT2D eigenvalue weighted by Gasteiger charge is -2.42. The van der Waals surface area contributed by atoms with E-state index in [0.717, 1.165) is 25.2 Å². The van der Waals surface area contributed by atoms with E-state index in [-0.39, 0.29) is 5.56 Å². The third-order valence-corrected chi connectivity index (χ3v) is 5.75. The largest absolute Gasteiger partial charge is 0.340 e. The summed E-state index contributed by atoms with van der Waals surface area (Å²) in [4.78, 5) is 28.4. The quantitative estimate of drug-likeness (QED) is 0.680. The average molecular weight is 383 g/mol. The fourth-order valence-corrected chi connectivity index (χ4v) is 4.47. The maximum atomic E-state index is 13.1. The van der Waals surface area contributed by atoms with Crippen LogP contribution in [0.2, 0.25) is 5.02 Å². The molecular weight excluding hydrogens is 364 g/mol. The Balaban J connectivity index is 1.51. The normalized spacial score (nSPS) is 21.2. The molecule has 27 heavy (non-hydrogen) atoms. The molecule has 0 aromatic carbocycles. The van der Waals surface area contributed by atoms with E-state index in [1.54, 1.807) is 18.6 Å². The van der Waals surface area contributed by atoms with Crippen molar-refractivity contribution in [3.05, 3.63) is 58.0 Å². The number of nitrogens with zero attached hydrogens (tertiary/aromatic N) is 6. The van der Waals surface area contributed by atoms with Crippen LogP contribution in [0.3, 0.4) is 0 Å². The summed E-state index contributed by atoms with van der Waals surface area (Å²) in [5, 5.41) is 0.537. The summed E-state index contributed by atoms with van der Waals surface area (Å²) in [6, 6.07) is 3.99. The maximum absolute atomic E-state index is 13.1. The van der Waals surface area contributed by atoms with Gasteiger partial charge in [-0.25, -0.2) is 15.0 Å². The van der Waals surface area contributed by atoms with Gasteiger partial charge in [-0.3, -0.25) is 4.79 Å². The molecule has 0 N–H and O–H groups in total. The molecule has 1 saturated heterocycles. The molecular formula is C19H19ClN6O. The van der Waals surface area contributed by atoms with E-state index in [0.29, 0.717) is 40.7 Å². The SMILES string of the molecule is Cn1ccnc1-c1ccc2n(c1=O)C[C@H]1C[C@@H]2CN(c2ncc(Cl)cn2)C1. The molecule has 0 amide bonds. The second-order valence-corrected chi connectivity index (χ2v) is 7.79. The Morgan fingerprint density at radius 1 is 1.11 bits per heavy atom. The minimum Gasteiger partial charge on any atom is -0.340 e. The van der Waals surface area contributed by atoms with Crippen LogP contribution in [0.1, 0.15) is 18.0 Å². The van der Waals surface area contributed by atoms with E-state index in [9.17, 15) is 4.79 Å². The van der Waals surface area contributed by atoms with Crippen molar-refractivity contribution in [2.24, 2.45) is 13.0 Å².